The van der Waals surface area contributed by atoms with E-state index >= 15 is 0 Å². The number of nitrogens with one attached hydrogen (secondary N) is 1. The van der Waals surface area contributed by atoms with E-state index in [0.29, 0.717) is 22.3 Å². The van der Waals surface area contributed by atoms with E-state index in [4.69, 9.17) is 0 Å². The second-order valence-electron chi connectivity index (χ2n) is 8.54. The topological polar surface area (TPSA) is 89.2 Å². The average molecular weight is 453 g/mol. The van der Waals surface area contributed by atoms with Crippen LogP contribution in [0.2, 0.25) is 0 Å². The summed E-state index contributed by atoms with van der Waals surface area (Å²) < 4.78 is 3.34. The van der Waals surface area contributed by atoms with Gasteiger partial charge in [0, 0.05) is 24.5 Å². The molecule has 1 aliphatic carbocycles. The van der Waals surface area contributed by atoms with Crippen molar-refractivity contribution in [2.75, 3.05) is 0 Å². The summed E-state index contributed by atoms with van der Waals surface area (Å²) in [5.41, 5.74) is 4.72. The molecule has 0 saturated carbocycles. The molecule has 4 aromatic rings. The fraction of sp³-hybridized carbons (Fsp3) is 0.222. The van der Waals surface area contributed by atoms with Crippen LogP contribution in [0, 0.1) is 11.8 Å². The number of carbonyl (C=O) groups is 1. The van der Waals surface area contributed by atoms with Gasteiger partial charge in [0.2, 0.25) is 0 Å². The second kappa shape index (κ2) is 8.56. The van der Waals surface area contributed by atoms with Gasteiger partial charge in [0.1, 0.15) is 0 Å². The lowest BCUT2D eigenvalue weighted by Gasteiger charge is -2.27. The Labute approximate surface area is 196 Å². The van der Waals surface area contributed by atoms with E-state index in [0.717, 1.165) is 41.3 Å². The van der Waals surface area contributed by atoms with Crippen molar-refractivity contribution in [1.82, 2.24) is 19.7 Å². The van der Waals surface area contributed by atoms with Gasteiger partial charge in [-0.15, -0.1) is 0 Å². The first kappa shape index (κ1) is 21.5. The molecular weight excluding hydrogens is 428 g/mol. The van der Waals surface area contributed by atoms with Crippen molar-refractivity contribution in [2.45, 2.75) is 32.2 Å². The molecule has 0 spiro atoms. The van der Waals surface area contributed by atoms with E-state index < -0.39 is 12.1 Å². The number of pyridine rings is 1. The number of rotatable bonds is 3. The van der Waals surface area contributed by atoms with Crippen LogP contribution < -0.4 is 10.9 Å². The Balaban J connectivity index is 1.86. The van der Waals surface area contributed by atoms with Crippen LogP contribution in [0.5, 0.6) is 0 Å². The van der Waals surface area contributed by atoms with Crippen LogP contribution in [0.25, 0.3) is 16.5 Å². The van der Waals surface area contributed by atoms with E-state index in [2.05, 4.69) is 22.3 Å². The fourth-order valence-corrected chi connectivity index (χ4v) is 4.89. The molecule has 1 atom stereocenters. The number of amides is 1. The molecule has 7 heteroatoms. The predicted octanol–water partition coefficient (Wildman–Crippen LogP) is 3.94. The summed E-state index contributed by atoms with van der Waals surface area (Å²) in [6, 6.07) is 12.8. The summed E-state index contributed by atoms with van der Waals surface area (Å²) in [5, 5.41) is 17.6. The third-order valence-corrected chi connectivity index (χ3v) is 6.24. The monoisotopic (exact) mass is 452 g/mol. The molecular formula is C27H24N4O3. The number of nitrogens with zero attached hydrogens (tertiary/aromatic N) is 3. The molecule has 0 bridgehead atoms. The van der Waals surface area contributed by atoms with Crippen LogP contribution in [-0.4, -0.2) is 25.5 Å². The molecule has 170 valence electrons. The summed E-state index contributed by atoms with van der Waals surface area (Å²) in [6.45, 7) is 1.78. The zero-order chi connectivity index (χ0) is 23.8. The van der Waals surface area contributed by atoms with E-state index in [1.54, 1.807) is 22.4 Å². The zero-order valence-corrected chi connectivity index (χ0v) is 19.0. The third kappa shape index (κ3) is 3.73. The number of aryl methyl sites for hydroxylation is 3. The van der Waals surface area contributed by atoms with Crippen molar-refractivity contribution in [3.63, 3.8) is 0 Å². The van der Waals surface area contributed by atoms with Gasteiger partial charge in [0.25, 0.3) is 5.56 Å². The number of benzene rings is 2. The summed E-state index contributed by atoms with van der Waals surface area (Å²) in [5.74, 6) is 6.32. The molecule has 5 rings (SSSR count). The first-order chi connectivity index (χ1) is 16.4. The van der Waals surface area contributed by atoms with Crippen LogP contribution in [0.3, 0.4) is 0 Å². The zero-order valence-electron chi connectivity index (χ0n) is 19.0. The maximum Gasteiger partial charge on any atom is 0.405 e. The molecule has 2 aromatic carbocycles. The molecule has 0 fully saturated rings. The van der Waals surface area contributed by atoms with E-state index in [-0.39, 0.29) is 5.56 Å². The molecule has 7 nitrogen and oxygen atoms in total. The van der Waals surface area contributed by atoms with Gasteiger partial charge < -0.3 is 10.4 Å². The van der Waals surface area contributed by atoms with E-state index in [1.165, 1.54) is 0 Å². The van der Waals surface area contributed by atoms with Gasteiger partial charge in [0.15, 0.2) is 0 Å². The average Bonchev–Trinajstić information content (AvgIpc) is 3.25. The van der Waals surface area contributed by atoms with Gasteiger partial charge in [0.05, 0.1) is 28.9 Å². The van der Waals surface area contributed by atoms with Crippen molar-refractivity contribution in [2.24, 2.45) is 7.05 Å². The Morgan fingerprint density at radius 2 is 1.91 bits per heavy atom. The Hall–Kier alpha value is -4.31. The Kier molecular flexibility index (Phi) is 5.42. The molecule has 2 N–H and O–H groups in total. The summed E-state index contributed by atoms with van der Waals surface area (Å²) in [4.78, 5) is 25.6. The molecule has 0 aliphatic heterocycles. The minimum Gasteiger partial charge on any atom is -0.465 e. The van der Waals surface area contributed by atoms with Crippen molar-refractivity contribution >= 4 is 16.9 Å². The van der Waals surface area contributed by atoms with Crippen LogP contribution >= 0.6 is 0 Å². The molecule has 1 amide bonds. The summed E-state index contributed by atoms with van der Waals surface area (Å²) in [7, 11) is 1.83. The van der Waals surface area contributed by atoms with Gasteiger partial charge in [-0.1, -0.05) is 36.1 Å². The Morgan fingerprint density at radius 3 is 2.62 bits per heavy atom. The van der Waals surface area contributed by atoms with Crippen molar-refractivity contribution in [3.05, 3.63) is 93.2 Å². The lowest BCUT2D eigenvalue weighted by atomic mass is 9.85. The van der Waals surface area contributed by atoms with Crippen LogP contribution in [0.1, 0.15) is 47.3 Å². The van der Waals surface area contributed by atoms with Crippen molar-refractivity contribution < 1.29 is 9.90 Å². The minimum atomic E-state index is -1.13. The van der Waals surface area contributed by atoms with Crippen LogP contribution in [0.15, 0.2) is 59.7 Å². The highest BCUT2D eigenvalue weighted by molar-refractivity contribution is 5.94. The normalized spacial score (nSPS) is 13.2. The number of hydrogen-bond donors (Lipinski definition) is 2. The highest BCUT2D eigenvalue weighted by atomic mass is 16.4. The first-order valence-electron chi connectivity index (χ1n) is 11.2. The maximum absolute atomic E-state index is 14.1. The summed E-state index contributed by atoms with van der Waals surface area (Å²) in [6.07, 6.45) is 4.96. The number of para-hydroxylation sites is 1. The van der Waals surface area contributed by atoms with Crippen LogP contribution in [-0.2, 0) is 19.9 Å². The Morgan fingerprint density at radius 1 is 1.12 bits per heavy atom. The molecule has 2 aromatic heterocycles. The molecule has 1 aliphatic rings. The number of aromatic nitrogens is 3. The quantitative estimate of drug-likeness (QED) is 0.461. The first-order valence-corrected chi connectivity index (χ1v) is 11.2. The Bertz CT molecular complexity index is 1540. The minimum absolute atomic E-state index is 0.196. The number of hydrogen-bond acceptors (Lipinski definition) is 3. The highest BCUT2D eigenvalue weighted by Crippen LogP contribution is 2.35. The third-order valence-electron chi connectivity index (χ3n) is 6.24. The fourth-order valence-electron chi connectivity index (χ4n) is 4.89. The molecule has 2 heterocycles. The van der Waals surface area contributed by atoms with Crippen molar-refractivity contribution in [3.8, 4) is 17.5 Å². The molecule has 0 saturated heterocycles. The van der Waals surface area contributed by atoms with E-state index in [1.807, 2.05) is 55.7 Å². The largest absolute Gasteiger partial charge is 0.465 e. The standard InChI is InChI=1S/C27H24N4O3/c1-17(29-27(33)34)25-22-10-6-7-19-13-14-20(12-11-18-15-28-30(2)16-18)24(23(19)22)26(32)31(25)21-8-4-3-5-9-21/h3-5,8-9,13-17,29H,6-7,10H2,1-2H3,(H,33,34). The van der Waals surface area contributed by atoms with Gasteiger partial charge >= 0.3 is 6.09 Å². The lowest BCUT2D eigenvalue weighted by molar-refractivity contribution is 0.190. The van der Waals surface area contributed by atoms with E-state index in [9.17, 15) is 14.7 Å². The van der Waals surface area contributed by atoms with Gasteiger partial charge in [-0.3, -0.25) is 14.0 Å². The van der Waals surface area contributed by atoms with Gasteiger partial charge in [-0.05, 0) is 60.9 Å². The number of carboxylic acid groups (broad SMARTS) is 1. The predicted molar refractivity (Wildman–Crippen MR) is 130 cm³/mol. The smallest absolute Gasteiger partial charge is 0.405 e. The molecule has 0 radical (unpaired) electrons. The summed E-state index contributed by atoms with van der Waals surface area (Å²) >= 11 is 0. The van der Waals surface area contributed by atoms with Crippen molar-refractivity contribution in [1.29, 1.82) is 0 Å². The molecule has 1 unspecified atom stereocenters. The van der Waals surface area contributed by atoms with Gasteiger partial charge in [-0.25, -0.2) is 4.79 Å². The highest BCUT2D eigenvalue weighted by Gasteiger charge is 2.27. The van der Waals surface area contributed by atoms with Crippen LogP contribution in [0.4, 0.5) is 4.79 Å². The molecule has 34 heavy (non-hydrogen) atoms. The SMILES string of the molecule is CC(NC(=O)O)c1c2c3c(ccc(C#Cc4cnn(C)c4)c3c(=O)n1-c1ccccc1)CCC2. The maximum atomic E-state index is 14.1. The van der Waals surface area contributed by atoms with Gasteiger partial charge in [-0.2, -0.15) is 5.10 Å². The second-order valence-corrected chi connectivity index (χ2v) is 8.54. The lowest BCUT2D eigenvalue weighted by Crippen LogP contribution is -2.33.